The summed E-state index contributed by atoms with van der Waals surface area (Å²) in [5, 5.41) is 0. The van der Waals surface area contributed by atoms with E-state index in [2.05, 4.69) is 98.7 Å². The van der Waals surface area contributed by atoms with Gasteiger partial charge in [-0.1, -0.05) is 83.5 Å². The molecule has 5 aromatic rings. The van der Waals surface area contributed by atoms with E-state index >= 15 is 0 Å². The van der Waals surface area contributed by atoms with Crippen LogP contribution < -0.4 is 0 Å². The van der Waals surface area contributed by atoms with Gasteiger partial charge in [0.1, 0.15) is 0 Å². The zero-order valence-electron chi connectivity index (χ0n) is 31.8. The summed E-state index contributed by atoms with van der Waals surface area (Å²) >= 11 is 0. The second-order valence-electron chi connectivity index (χ2n) is 14.3. The van der Waals surface area contributed by atoms with E-state index in [9.17, 15) is 43.9 Å². The van der Waals surface area contributed by atoms with Gasteiger partial charge < -0.3 is 9.97 Å². The van der Waals surface area contributed by atoms with E-state index in [1.165, 1.54) is 11.1 Å². The number of hydrogen-bond donors (Lipinski definition) is 0. The Balaban J connectivity index is 0.000000293. The number of pyridine rings is 4. The van der Waals surface area contributed by atoms with Gasteiger partial charge in [0.05, 0.1) is 28.3 Å². The molecule has 0 fully saturated rings. The summed E-state index contributed by atoms with van der Waals surface area (Å²) in [6, 6.07) is 15.8. The number of hydrogen-bond acceptors (Lipinski definition) is 4. The van der Waals surface area contributed by atoms with Crippen LogP contribution >= 0.6 is 0 Å². The molecule has 0 N–H and O–H groups in total. The fourth-order valence-electron chi connectivity index (χ4n) is 4.55. The summed E-state index contributed by atoms with van der Waals surface area (Å²) in [7, 11) is 0. The zero-order valence-corrected chi connectivity index (χ0v) is 34.2. The van der Waals surface area contributed by atoms with Gasteiger partial charge >= 0.3 is 12.4 Å². The first kappa shape index (κ1) is 48.3. The van der Waals surface area contributed by atoms with E-state index in [1.54, 1.807) is 0 Å². The monoisotopic (exact) mass is 981 g/mol. The van der Waals surface area contributed by atoms with Gasteiger partial charge in [0.15, 0.2) is 0 Å². The molecule has 4 aromatic heterocycles. The number of rotatable bonds is 4. The van der Waals surface area contributed by atoms with E-state index in [4.69, 9.17) is 0 Å². The average Bonchev–Trinajstić information content (AvgIpc) is 3.10. The minimum Gasteiger partial charge on any atom is -0.320 e. The van der Waals surface area contributed by atoms with Crippen molar-refractivity contribution in [3.05, 3.63) is 156 Å². The molecule has 1 aromatic carbocycles. The number of benzene rings is 1. The van der Waals surface area contributed by atoms with Crippen molar-refractivity contribution in [2.24, 2.45) is 0 Å². The van der Waals surface area contributed by atoms with E-state index in [0.29, 0.717) is 24.5 Å². The van der Waals surface area contributed by atoms with Crippen molar-refractivity contribution in [1.82, 2.24) is 19.9 Å². The molecular weight excluding hydrogens is 943 g/mol. The molecule has 1 radical (unpaired) electrons. The fourth-order valence-corrected chi connectivity index (χ4v) is 4.55. The van der Waals surface area contributed by atoms with Crippen molar-refractivity contribution < 1.29 is 64.0 Å². The number of nitrogens with zero attached hydrogens (tertiary/aromatic N) is 4. The number of allylic oxidation sites excluding steroid dienone is 4. The Kier molecular flexibility index (Phi) is 16.5. The van der Waals surface area contributed by atoms with Crippen molar-refractivity contribution in [3.8, 4) is 22.6 Å². The largest absolute Gasteiger partial charge is 0.417 e. The van der Waals surface area contributed by atoms with Crippen LogP contribution in [0.5, 0.6) is 0 Å². The van der Waals surface area contributed by atoms with Gasteiger partial charge in [0.25, 0.3) is 0 Å². The topological polar surface area (TPSA) is 51.6 Å². The van der Waals surface area contributed by atoms with Gasteiger partial charge in [0, 0.05) is 62.4 Å². The molecule has 0 bridgehead atoms. The fraction of sp³-hybridized carbons (Fsp3) is 0.262. The number of halogens is 10. The first-order valence-corrected chi connectivity index (χ1v) is 16.7. The molecule has 307 valence electrons. The molecule has 0 saturated heterocycles. The van der Waals surface area contributed by atoms with Gasteiger partial charge in [-0.05, 0) is 64.5 Å². The first-order valence-electron chi connectivity index (χ1n) is 16.7. The van der Waals surface area contributed by atoms with Crippen LogP contribution in [0.3, 0.4) is 0 Å². The molecule has 57 heavy (non-hydrogen) atoms. The summed E-state index contributed by atoms with van der Waals surface area (Å²) in [5.41, 5.74) is 2.25. The van der Waals surface area contributed by atoms with Crippen molar-refractivity contribution in [2.75, 3.05) is 0 Å². The molecule has 0 unspecified atom stereocenters. The third-order valence-electron chi connectivity index (χ3n) is 7.73. The van der Waals surface area contributed by atoms with Crippen molar-refractivity contribution >= 4 is 5.57 Å². The van der Waals surface area contributed by atoms with Crippen LogP contribution in [0, 0.1) is 24.6 Å². The molecule has 0 saturated carbocycles. The van der Waals surface area contributed by atoms with Crippen molar-refractivity contribution in [1.29, 1.82) is 0 Å². The summed E-state index contributed by atoms with van der Waals surface area (Å²) in [6.07, 6.45) is -3.52. The molecule has 4 nitrogen and oxygen atoms in total. The minimum absolute atomic E-state index is 0. The van der Waals surface area contributed by atoms with E-state index < -0.39 is 46.8 Å². The van der Waals surface area contributed by atoms with Crippen LogP contribution in [0.4, 0.5) is 43.9 Å². The Hall–Kier alpha value is -4.88. The summed E-state index contributed by atoms with van der Waals surface area (Å²) in [4.78, 5) is 15.9. The Morgan fingerprint density at radius 2 is 1.11 bits per heavy atom. The maximum absolute atomic E-state index is 13.3. The normalized spacial score (nSPS) is 12.6. The van der Waals surface area contributed by atoms with Crippen LogP contribution in [-0.4, -0.2) is 19.9 Å². The van der Waals surface area contributed by atoms with E-state index in [0.717, 1.165) is 48.6 Å². The quantitative estimate of drug-likeness (QED) is 0.102. The Morgan fingerprint density at radius 1 is 0.632 bits per heavy atom. The van der Waals surface area contributed by atoms with E-state index in [1.807, 2.05) is 12.4 Å². The van der Waals surface area contributed by atoms with Gasteiger partial charge in [-0.3, -0.25) is 23.1 Å². The molecule has 4 heterocycles. The summed E-state index contributed by atoms with van der Waals surface area (Å²) in [5.74, 6) is -3.51. The maximum Gasteiger partial charge on any atom is 0.417 e. The summed E-state index contributed by atoms with van der Waals surface area (Å²) < 4.78 is 125. The molecule has 15 heteroatoms. The standard InChI is InChI=1S/C18H24N2.C12H5F5N.C12H9F5N.Ir/c1-17(2,3)13-7-9-19-15(11-13)16-12-14(8-10-20-16)18(4,5)6;13-8-2-3-9(10(14)5-8)11-4-1-7(6-18-11)12(15,16)17;1-7(13)5-10(14)8(2)11-4-3-9(6-18-11)12(15,16)17;/h7-12H,1-6H3;1-2,4-6H;3-6H,2H2,1H3;/q;2*-1;/b;;7-5+,10-8-;. The van der Waals surface area contributed by atoms with Gasteiger partial charge in [-0.25, -0.2) is 4.39 Å². The Morgan fingerprint density at radius 3 is 1.47 bits per heavy atom. The number of aromatic nitrogens is 4. The predicted octanol–water partition coefficient (Wildman–Crippen LogP) is 13.1. The molecule has 0 atom stereocenters. The van der Waals surface area contributed by atoms with Crippen molar-refractivity contribution in [3.63, 3.8) is 0 Å². The van der Waals surface area contributed by atoms with Crippen LogP contribution in [0.15, 0.2) is 103 Å². The second kappa shape index (κ2) is 19.5. The third kappa shape index (κ3) is 14.5. The molecular formula is C42H38F10IrN4-2. The van der Waals surface area contributed by atoms with Crippen LogP contribution in [0.1, 0.15) is 76.4 Å². The third-order valence-corrected chi connectivity index (χ3v) is 7.73. The van der Waals surface area contributed by atoms with Crippen LogP contribution in [0.2, 0.25) is 0 Å². The molecule has 0 amide bonds. The molecule has 0 aliphatic rings. The van der Waals surface area contributed by atoms with Crippen LogP contribution in [-0.2, 0) is 43.3 Å². The SMILES string of the molecule is CC(C)(C)c1ccnc(-c2cc(C(C)(C)C)ccn2)c1.Fc1c[c-]c(-c2ccc(C(F)(F)F)cn2)c(F)c1.[CH2-]/C(=C(F)\C=C(/C)F)c1ccc(C(F)(F)F)cn1.[Ir]. The summed E-state index contributed by atoms with van der Waals surface area (Å²) in [6.45, 7) is 17.6. The molecule has 0 aliphatic carbocycles. The van der Waals surface area contributed by atoms with E-state index in [-0.39, 0.29) is 53.5 Å². The number of alkyl halides is 6. The Bertz CT molecular complexity index is 2090. The molecule has 5 rings (SSSR count). The van der Waals surface area contributed by atoms with Gasteiger partial charge in [-0.15, -0.1) is 17.7 Å². The predicted molar refractivity (Wildman–Crippen MR) is 196 cm³/mol. The Labute approximate surface area is 338 Å². The molecule has 0 spiro atoms. The van der Waals surface area contributed by atoms with Gasteiger partial charge in [-0.2, -0.15) is 33.3 Å². The van der Waals surface area contributed by atoms with Crippen molar-refractivity contribution in [2.45, 2.75) is 71.6 Å². The average molecular weight is 981 g/mol. The zero-order chi connectivity index (χ0) is 42.2. The molecule has 0 aliphatic heterocycles. The second-order valence-corrected chi connectivity index (χ2v) is 14.3. The first-order chi connectivity index (χ1) is 25.8. The van der Waals surface area contributed by atoms with Gasteiger partial charge in [0.2, 0.25) is 0 Å². The minimum atomic E-state index is -4.51. The smallest absolute Gasteiger partial charge is 0.320 e. The maximum atomic E-state index is 13.3. The van der Waals surface area contributed by atoms with Crippen LogP contribution in [0.25, 0.3) is 28.2 Å².